The van der Waals surface area contributed by atoms with Crippen molar-refractivity contribution in [3.63, 3.8) is 0 Å². The topological polar surface area (TPSA) is 9.23 Å². The zero-order valence-electron chi connectivity index (χ0n) is 9.84. The van der Waals surface area contributed by atoms with E-state index in [1.807, 2.05) is 7.11 Å². The van der Waals surface area contributed by atoms with Crippen LogP contribution in [0.1, 0.15) is 40.0 Å². The fraction of sp³-hybridized carbons (Fsp3) is 0.846. The fourth-order valence-electron chi connectivity index (χ4n) is 3.63. The minimum atomic E-state index is 0.386. The molecule has 1 heteroatoms. The smallest absolute Gasteiger partial charge is 0.0763 e. The highest BCUT2D eigenvalue weighted by Gasteiger charge is 2.48. The average molecular weight is 194 g/mol. The SMILES string of the molecule is CO[C@H]1C=C2CC[C@@H](C(C)C)[C@]2(C)C1. The van der Waals surface area contributed by atoms with Gasteiger partial charge in [0.1, 0.15) is 0 Å². The number of ether oxygens (including phenoxy) is 1. The third-order valence-electron chi connectivity index (χ3n) is 4.40. The maximum Gasteiger partial charge on any atom is 0.0763 e. The van der Waals surface area contributed by atoms with Crippen molar-refractivity contribution in [1.29, 1.82) is 0 Å². The summed E-state index contributed by atoms with van der Waals surface area (Å²) in [6.07, 6.45) is 6.66. The molecule has 0 radical (unpaired) electrons. The first-order valence-electron chi connectivity index (χ1n) is 5.82. The largest absolute Gasteiger partial charge is 0.377 e. The predicted octanol–water partition coefficient (Wildman–Crippen LogP) is 3.40. The Morgan fingerprint density at radius 2 is 2.21 bits per heavy atom. The van der Waals surface area contributed by atoms with E-state index in [0.717, 1.165) is 11.8 Å². The molecule has 2 rings (SSSR count). The van der Waals surface area contributed by atoms with Gasteiger partial charge in [0.2, 0.25) is 0 Å². The van der Waals surface area contributed by atoms with Crippen molar-refractivity contribution >= 4 is 0 Å². The van der Waals surface area contributed by atoms with Crippen LogP contribution in [0.15, 0.2) is 11.6 Å². The first-order valence-corrected chi connectivity index (χ1v) is 5.82. The van der Waals surface area contributed by atoms with Gasteiger partial charge in [0.05, 0.1) is 6.10 Å². The zero-order chi connectivity index (χ0) is 10.3. The lowest BCUT2D eigenvalue weighted by Crippen LogP contribution is -2.27. The molecule has 0 aromatic heterocycles. The van der Waals surface area contributed by atoms with Crippen LogP contribution >= 0.6 is 0 Å². The van der Waals surface area contributed by atoms with Crippen LogP contribution in [0.25, 0.3) is 0 Å². The molecule has 0 bridgehead atoms. The van der Waals surface area contributed by atoms with Gasteiger partial charge in [-0.05, 0) is 36.5 Å². The number of hydrogen-bond acceptors (Lipinski definition) is 1. The Balaban J connectivity index is 2.22. The van der Waals surface area contributed by atoms with Crippen molar-refractivity contribution in [2.75, 3.05) is 7.11 Å². The standard InChI is InChI=1S/C13H22O/c1-9(2)12-6-5-10-7-11(14-4)8-13(10,12)3/h7,9,11-12H,5-6,8H2,1-4H3/t11-,12-,13+/m0/s1. The normalized spacial score (nSPS) is 41.6. The van der Waals surface area contributed by atoms with Gasteiger partial charge >= 0.3 is 0 Å². The van der Waals surface area contributed by atoms with Gasteiger partial charge in [-0.2, -0.15) is 0 Å². The van der Waals surface area contributed by atoms with Crippen molar-refractivity contribution in [1.82, 2.24) is 0 Å². The van der Waals surface area contributed by atoms with E-state index >= 15 is 0 Å². The number of hydrogen-bond donors (Lipinski definition) is 0. The molecule has 0 saturated heterocycles. The molecule has 3 atom stereocenters. The molecule has 0 spiro atoms. The molecule has 0 heterocycles. The first kappa shape index (κ1) is 10.2. The summed E-state index contributed by atoms with van der Waals surface area (Å²) in [7, 11) is 1.83. The Bertz CT molecular complexity index is 254. The van der Waals surface area contributed by atoms with Crippen molar-refractivity contribution < 1.29 is 4.74 Å². The summed E-state index contributed by atoms with van der Waals surface area (Å²) >= 11 is 0. The van der Waals surface area contributed by atoms with Gasteiger partial charge in [-0.25, -0.2) is 0 Å². The zero-order valence-corrected chi connectivity index (χ0v) is 9.84. The van der Waals surface area contributed by atoms with E-state index in [2.05, 4.69) is 26.8 Å². The minimum Gasteiger partial charge on any atom is -0.377 e. The predicted molar refractivity (Wildman–Crippen MR) is 59.2 cm³/mol. The van der Waals surface area contributed by atoms with Crippen molar-refractivity contribution in [3.8, 4) is 0 Å². The molecule has 1 nitrogen and oxygen atoms in total. The Hall–Kier alpha value is -0.300. The molecule has 0 aromatic carbocycles. The molecule has 1 saturated carbocycles. The fourth-order valence-corrected chi connectivity index (χ4v) is 3.63. The molecular formula is C13H22O. The second-order valence-electron chi connectivity index (χ2n) is 5.48. The quantitative estimate of drug-likeness (QED) is 0.612. The highest BCUT2D eigenvalue weighted by atomic mass is 16.5. The molecule has 2 aliphatic carbocycles. The second-order valence-corrected chi connectivity index (χ2v) is 5.48. The van der Waals surface area contributed by atoms with E-state index < -0.39 is 0 Å². The van der Waals surface area contributed by atoms with Crippen LogP contribution in [0, 0.1) is 17.3 Å². The van der Waals surface area contributed by atoms with E-state index in [4.69, 9.17) is 4.74 Å². The maximum atomic E-state index is 5.46. The Morgan fingerprint density at radius 1 is 1.50 bits per heavy atom. The van der Waals surface area contributed by atoms with Gasteiger partial charge in [-0.1, -0.05) is 32.4 Å². The summed E-state index contributed by atoms with van der Waals surface area (Å²) in [5, 5.41) is 0. The van der Waals surface area contributed by atoms with Gasteiger partial charge in [-0.3, -0.25) is 0 Å². The van der Waals surface area contributed by atoms with E-state index in [-0.39, 0.29) is 0 Å². The van der Waals surface area contributed by atoms with Crippen LogP contribution in [-0.4, -0.2) is 13.2 Å². The molecule has 0 aliphatic heterocycles. The van der Waals surface area contributed by atoms with Crippen molar-refractivity contribution in [2.45, 2.75) is 46.1 Å². The molecule has 14 heavy (non-hydrogen) atoms. The van der Waals surface area contributed by atoms with E-state index in [0.29, 0.717) is 11.5 Å². The first-order chi connectivity index (χ1) is 6.58. The molecule has 0 aromatic rings. The van der Waals surface area contributed by atoms with Gasteiger partial charge < -0.3 is 4.74 Å². The summed E-state index contributed by atoms with van der Waals surface area (Å²) < 4.78 is 5.46. The molecule has 1 fully saturated rings. The molecule has 80 valence electrons. The average Bonchev–Trinajstić information content (AvgIpc) is 2.56. The summed E-state index contributed by atoms with van der Waals surface area (Å²) in [6, 6.07) is 0. The Kier molecular flexibility index (Phi) is 2.46. The molecule has 0 amide bonds. The maximum absolute atomic E-state index is 5.46. The van der Waals surface area contributed by atoms with E-state index in [9.17, 15) is 0 Å². The lowest BCUT2D eigenvalue weighted by atomic mass is 9.72. The molecule has 2 aliphatic rings. The van der Waals surface area contributed by atoms with Gasteiger partial charge in [0.15, 0.2) is 0 Å². The van der Waals surface area contributed by atoms with Crippen molar-refractivity contribution in [2.24, 2.45) is 17.3 Å². The highest BCUT2D eigenvalue weighted by molar-refractivity contribution is 5.28. The van der Waals surface area contributed by atoms with Gasteiger partial charge in [0, 0.05) is 7.11 Å². The van der Waals surface area contributed by atoms with Crippen molar-refractivity contribution in [3.05, 3.63) is 11.6 Å². The van der Waals surface area contributed by atoms with E-state index in [1.54, 1.807) is 5.57 Å². The number of rotatable bonds is 2. The highest BCUT2D eigenvalue weighted by Crippen LogP contribution is 2.56. The number of allylic oxidation sites excluding steroid dienone is 1. The second kappa shape index (κ2) is 3.37. The third kappa shape index (κ3) is 1.33. The van der Waals surface area contributed by atoms with Crippen LogP contribution in [0.4, 0.5) is 0 Å². The number of fused-ring (bicyclic) bond motifs is 1. The Labute approximate surface area is 87.5 Å². The summed E-state index contributed by atoms with van der Waals surface area (Å²) in [5.74, 6) is 1.68. The van der Waals surface area contributed by atoms with E-state index in [1.165, 1.54) is 19.3 Å². The lowest BCUT2D eigenvalue weighted by Gasteiger charge is -2.33. The summed E-state index contributed by atoms with van der Waals surface area (Å²) in [5.41, 5.74) is 2.12. The molecule has 0 unspecified atom stereocenters. The van der Waals surface area contributed by atoms with Crippen LogP contribution < -0.4 is 0 Å². The Morgan fingerprint density at radius 3 is 2.79 bits per heavy atom. The van der Waals surface area contributed by atoms with Crippen LogP contribution in [-0.2, 0) is 4.74 Å². The third-order valence-corrected chi connectivity index (χ3v) is 4.40. The van der Waals surface area contributed by atoms with Gasteiger partial charge in [0.25, 0.3) is 0 Å². The van der Waals surface area contributed by atoms with Gasteiger partial charge in [-0.15, -0.1) is 0 Å². The molecular weight excluding hydrogens is 172 g/mol. The minimum absolute atomic E-state index is 0.386. The van der Waals surface area contributed by atoms with Crippen LogP contribution in [0.2, 0.25) is 0 Å². The van der Waals surface area contributed by atoms with Crippen LogP contribution in [0.3, 0.4) is 0 Å². The summed E-state index contributed by atoms with van der Waals surface area (Å²) in [4.78, 5) is 0. The monoisotopic (exact) mass is 194 g/mol. The summed E-state index contributed by atoms with van der Waals surface area (Å²) in [6.45, 7) is 7.16. The number of methoxy groups -OCH3 is 1. The molecule has 0 N–H and O–H groups in total. The van der Waals surface area contributed by atoms with Crippen LogP contribution in [0.5, 0.6) is 0 Å². The lowest BCUT2D eigenvalue weighted by molar-refractivity contribution is 0.0925.